The first kappa shape index (κ1) is 11.2. The van der Waals surface area contributed by atoms with Crippen LogP contribution in [0, 0.1) is 0 Å². The number of halogens is 1. The summed E-state index contributed by atoms with van der Waals surface area (Å²) >= 11 is 5.13. The average Bonchev–Trinajstić information content (AvgIpc) is 1.96. The van der Waals surface area contributed by atoms with Crippen LogP contribution in [-0.4, -0.2) is 16.1 Å². The highest BCUT2D eigenvalue weighted by molar-refractivity contribution is 6.06. The highest BCUT2D eigenvalue weighted by Gasteiger charge is 2.43. The molecular formula is C9H18ClNO2. The molecule has 13 heavy (non-hydrogen) atoms. The van der Waals surface area contributed by atoms with Gasteiger partial charge in [-0.3, -0.25) is 0 Å². The van der Waals surface area contributed by atoms with Crippen LogP contribution >= 0.6 is 11.9 Å². The van der Waals surface area contributed by atoms with Crippen molar-refractivity contribution in [3.63, 3.8) is 0 Å². The molecule has 0 aliphatic carbocycles. The first-order chi connectivity index (χ1) is 5.90. The van der Waals surface area contributed by atoms with E-state index in [0.29, 0.717) is 0 Å². The first-order valence-electron chi connectivity index (χ1n) is 4.66. The molecule has 0 amide bonds. The van der Waals surface area contributed by atoms with E-state index in [2.05, 4.69) is 32.1 Å². The van der Waals surface area contributed by atoms with Gasteiger partial charge >= 0.3 is 0 Å². The van der Waals surface area contributed by atoms with Crippen LogP contribution in [0.1, 0.15) is 47.0 Å². The minimum absolute atomic E-state index is 0.0172. The molecule has 0 aromatic rings. The van der Waals surface area contributed by atoms with Crippen LogP contribution in [0.4, 0.5) is 0 Å². The standard InChI is InChI=1S/C9H18ClNO2/c1-8(2)6-5-7-9(3,4)11(8)13-12-10/h5-7H2,1-4H3. The maximum atomic E-state index is 5.13. The van der Waals surface area contributed by atoms with E-state index in [9.17, 15) is 0 Å². The minimum atomic E-state index is -0.0172. The fourth-order valence-corrected chi connectivity index (χ4v) is 2.26. The summed E-state index contributed by atoms with van der Waals surface area (Å²) in [5.41, 5.74) is -0.0344. The van der Waals surface area contributed by atoms with Gasteiger partial charge in [-0.25, -0.2) is 0 Å². The van der Waals surface area contributed by atoms with Gasteiger partial charge in [0.15, 0.2) is 0 Å². The van der Waals surface area contributed by atoms with Crippen LogP contribution in [0.15, 0.2) is 0 Å². The second-order valence-corrected chi connectivity index (χ2v) is 5.04. The topological polar surface area (TPSA) is 21.7 Å². The van der Waals surface area contributed by atoms with E-state index < -0.39 is 0 Å². The molecule has 1 heterocycles. The molecule has 0 N–H and O–H groups in total. The third-order valence-electron chi connectivity index (χ3n) is 2.78. The maximum absolute atomic E-state index is 5.13. The Hall–Kier alpha value is 0.170. The number of nitrogens with zero attached hydrogens (tertiary/aromatic N) is 1. The molecule has 0 unspecified atom stereocenters. The fraction of sp³-hybridized carbons (Fsp3) is 1.00. The lowest BCUT2D eigenvalue weighted by atomic mass is 9.82. The molecule has 1 aliphatic heterocycles. The second kappa shape index (κ2) is 3.73. The predicted molar refractivity (Wildman–Crippen MR) is 51.9 cm³/mol. The van der Waals surface area contributed by atoms with Crippen LogP contribution in [0.25, 0.3) is 0 Å². The van der Waals surface area contributed by atoms with E-state index in [1.54, 1.807) is 0 Å². The van der Waals surface area contributed by atoms with E-state index in [0.717, 1.165) is 12.8 Å². The molecule has 1 saturated heterocycles. The van der Waals surface area contributed by atoms with E-state index in [1.807, 2.05) is 5.06 Å². The van der Waals surface area contributed by atoms with Gasteiger partial charge in [0.05, 0.1) is 0 Å². The maximum Gasteiger partial charge on any atom is 0.102 e. The van der Waals surface area contributed by atoms with Crippen molar-refractivity contribution in [2.75, 3.05) is 0 Å². The summed E-state index contributed by atoms with van der Waals surface area (Å²) in [6, 6.07) is 0. The fourth-order valence-electron chi connectivity index (χ4n) is 2.21. The van der Waals surface area contributed by atoms with Gasteiger partial charge in [-0.2, -0.15) is 0 Å². The molecule has 0 saturated carbocycles. The summed E-state index contributed by atoms with van der Waals surface area (Å²) < 4.78 is 4.25. The predicted octanol–water partition coefficient (Wildman–Crippen LogP) is 3.05. The van der Waals surface area contributed by atoms with E-state index in [-0.39, 0.29) is 11.1 Å². The molecule has 1 fully saturated rings. The summed E-state index contributed by atoms with van der Waals surface area (Å²) in [5.74, 6) is 0. The molecule has 1 aliphatic rings. The molecule has 0 radical (unpaired) electrons. The molecule has 1 rings (SSSR count). The number of hydrogen-bond acceptors (Lipinski definition) is 3. The van der Waals surface area contributed by atoms with Crippen molar-refractivity contribution in [1.29, 1.82) is 0 Å². The van der Waals surface area contributed by atoms with Crippen LogP contribution in [-0.2, 0) is 9.43 Å². The minimum Gasteiger partial charge on any atom is -0.144 e. The highest BCUT2D eigenvalue weighted by atomic mass is 35.5. The molecule has 0 aromatic carbocycles. The van der Waals surface area contributed by atoms with Gasteiger partial charge in [-0.1, -0.05) is 0 Å². The zero-order valence-corrected chi connectivity index (χ0v) is 9.52. The largest absolute Gasteiger partial charge is 0.144 e. The van der Waals surface area contributed by atoms with Crippen molar-refractivity contribution in [3.05, 3.63) is 0 Å². The van der Waals surface area contributed by atoms with Gasteiger partial charge in [0, 0.05) is 11.1 Å². The van der Waals surface area contributed by atoms with Gasteiger partial charge < -0.3 is 0 Å². The van der Waals surface area contributed by atoms with E-state index >= 15 is 0 Å². The van der Waals surface area contributed by atoms with Gasteiger partial charge in [0.25, 0.3) is 0 Å². The second-order valence-electron chi connectivity index (χ2n) is 4.91. The van der Waals surface area contributed by atoms with Gasteiger partial charge in [0.1, 0.15) is 11.9 Å². The Morgan fingerprint density at radius 2 is 1.54 bits per heavy atom. The Balaban J connectivity index is 2.78. The SMILES string of the molecule is CC1(C)CCCC(C)(C)N1OOCl. The monoisotopic (exact) mass is 207 g/mol. The smallest absolute Gasteiger partial charge is 0.102 e. The molecular weight excluding hydrogens is 190 g/mol. The lowest BCUT2D eigenvalue weighted by molar-refractivity contribution is -0.429. The zero-order valence-electron chi connectivity index (χ0n) is 8.76. The average molecular weight is 208 g/mol. The summed E-state index contributed by atoms with van der Waals surface area (Å²) in [5, 5.41) is 1.84. The third kappa shape index (κ3) is 2.34. The van der Waals surface area contributed by atoms with Crippen molar-refractivity contribution >= 4 is 11.9 Å². The third-order valence-corrected chi connectivity index (χ3v) is 2.84. The van der Waals surface area contributed by atoms with Gasteiger partial charge in [-0.05, 0) is 47.0 Å². The number of piperidine rings is 1. The Morgan fingerprint density at radius 1 is 1.08 bits per heavy atom. The van der Waals surface area contributed by atoms with E-state index in [1.165, 1.54) is 6.42 Å². The molecule has 0 atom stereocenters. The van der Waals surface area contributed by atoms with Gasteiger partial charge in [0.2, 0.25) is 0 Å². The normalized spacial score (nSPS) is 27.5. The van der Waals surface area contributed by atoms with Crippen molar-refractivity contribution in [2.24, 2.45) is 0 Å². The number of hydrogen-bond donors (Lipinski definition) is 0. The van der Waals surface area contributed by atoms with Crippen LogP contribution < -0.4 is 0 Å². The van der Waals surface area contributed by atoms with Crippen molar-refractivity contribution in [2.45, 2.75) is 58.0 Å². The van der Waals surface area contributed by atoms with E-state index in [4.69, 9.17) is 16.9 Å². The Kier molecular flexibility index (Phi) is 3.23. The Labute approximate surface area is 85.0 Å². The number of hydroxylamine groups is 2. The lowest BCUT2D eigenvalue weighted by Gasteiger charge is -2.49. The van der Waals surface area contributed by atoms with Crippen LogP contribution in [0.3, 0.4) is 0 Å². The van der Waals surface area contributed by atoms with Crippen molar-refractivity contribution < 1.29 is 9.43 Å². The number of rotatable bonds is 2. The Bertz CT molecular complexity index is 166. The summed E-state index contributed by atoms with van der Waals surface area (Å²) in [4.78, 5) is 5.01. The molecule has 3 nitrogen and oxygen atoms in total. The first-order valence-corrected chi connectivity index (χ1v) is 4.97. The quantitative estimate of drug-likeness (QED) is 0.513. The molecule has 0 aromatic heterocycles. The molecule has 78 valence electrons. The lowest BCUT2D eigenvalue weighted by Crippen LogP contribution is -2.57. The zero-order chi connectivity index (χ0) is 10.1. The Morgan fingerprint density at radius 3 is 1.92 bits per heavy atom. The molecule has 0 bridgehead atoms. The summed E-state index contributed by atoms with van der Waals surface area (Å²) in [7, 11) is 0. The molecule has 4 heteroatoms. The van der Waals surface area contributed by atoms with Crippen molar-refractivity contribution in [1.82, 2.24) is 5.06 Å². The van der Waals surface area contributed by atoms with Crippen LogP contribution in [0.5, 0.6) is 0 Å². The van der Waals surface area contributed by atoms with Gasteiger partial charge in [-0.15, -0.1) is 14.5 Å². The highest BCUT2D eigenvalue weighted by Crippen LogP contribution is 2.38. The summed E-state index contributed by atoms with van der Waals surface area (Å²) in [6.45, 7) is 8.52. The van der Waals surface area contributed by atoms with Crippen LogP contribution in [0.2, 0.25) is 0 Å². The summed E-state index contributed by atoms with van der Waals surface area (Å²) in [6.07, 6.45) is 3.40. The van der Waals surface area contributed by atoms with Crippen molar-refractivity contribution in [3.8, 4) is 0 Å². The molecule has 0 spiro atoms.